The second kappa shape index (κ2) is 7.85. The van der Waals surface area contributed by atoms with Gasteiger partial charge in [0.1, 0.15) is 5.78 Å². The first kappa shape index (κ1) is 22.4. The van der Waals surface area contributed by atoms with Crippen molar-refractivity contribution < 1.29 is 9.53 Å². The Bertz CT molecular complexity index is 699. The van der Waals surface area contributed by atoms with Gasteiger partial charge in [0.2, 0.25) is 0 Å². The van der Waals surface area contributed by atoms with Crippen LogP contribution in [0.1, 0.15) is 106 Å². The van der Waals surface area contributed by atoms with Gasteiger partial charge in [0.25, 0.3) is 0 Å². The predicted octanol–water partition coefficient (Wildman–Crippen LogP) is 7.30. The Hall–Kier alpha value is -0.370. The second-order valence-corrected chi connectivity index (χ2v) is 13.5. The lowest BCUT2D eigenvalue weighted by molar-refractivity contribution is -0.152. The van der Waals surface area contributed by atoms with E-state index in [4.69, 9.17) is 4.74 Å². The number of rotatable bonds is 6. The van der Waals surface area contributed by atoms with E-state index >= 15 is 0 Å². The van der Waals surface area contributed by atoms with Crippen LogP contribution in [0, 0.1) is 58.2 Å². The Balaban J connectivity index is 1.31. The Labute approximate surface area is 191 Å². The summed E-state index contributed by atoms with van der Waals surface area (Å²) in [6, 6.07) is 0. The van der Waals surface area contributed by atoms with E-state index in [0.29, 0.717) is 35.2 Å². The van der Waals surface area contributed by atoms with Gasteiger partial charge < -0.3 is 4.74 Å². The van der Waals surface area contributed by atoms with E-state index in [0.717, 1.165) is 54.8 Å². The first-order valence-corrected chi connectivity index (χ1v) is 13.9. The van der Waals surface area contributed by atoms with E-state index in [1.807, 2.05) is 0 Å². The van der Waals surface area contributed by atoms with Gasteiger partial charge in [-0.3, -0.25) is 4.79 Å². The summed E-state index contributed by atoms with van der Waals surface area (Å²) in [5.74, 6) is 6.48. The molecule has 2 heteroatoms. The van der Waals surface area contributed by atoms with Crippen LogP contribution in [0.2, 0.25) is 0 Å². The number of ketones is 1. The summed E-state index contributed by atoms with van der Waals surface area (Å²) in [5.41, 5.74) is 0.686. The maximum atomic E-state index is 13.4. The zero-order valence-corrected chi connectivity index (χ0v) is 21.2. The standard InChI is InChI=1S/C29H48O2/c1-7-19(17(2)3)9-8-18(4)21-10-11-22-20-14-25(30)24-15-26-27(31-26)16-29(24,6)23(20)12-13-28(21,22)5/h17-24,26-27H,7-16H2,1-6H3/t18-,19-,20+,21-,22+,23+,24-,26+,27-,28-,29-/m1/s1. The van der Waals surface area contributed by atoms with Gasteiger partial charge in [-0.2, -0.15) is 0 Å². The first-order valence-electron chi connectivity index (χ1n) is 13.9. The topological polar surface area (TPSA) is 29.6 Å². The molecule has 5 rings (SSSR count). The quantitative estimate of drug-likeness (QED) is 0.415. The average molecular weight is 429 g/mol. The second-order valence-electron chi connectivity index (χ2n) is 13.5. The Morgan fingerprint density at radius 3 is 2.45 bits per heavy atom. The van der Waals surface area contributed by atoms with Crippen molar-refractivity contribution in [2.24, 2.45) is 58.2 Å². The van der Waals surface area contributed by atoms with Crippen molar-refractivity contribution in [3.63, 3.8) is 0 Å². The van der Waals surface area contributed by atoms with Crippen LogP contribution in [0.4, 0.5) is 0 Å². The monoisotopic (exact) mass is 428 g/mol. The summed E-state index contributed by atoms with van der Waals surface area (Å²) in [6.45, 7) is 14.9. The van der Waals surface area contributed by atoms with Crippen LogP contribution in [0.3, 0.4) is 0 Å². The molecule has 4 saturated carbocycles. The Kier molecular flexibility index (Phi) is 5.68. The average Bonchev–Trinajstić information content (AvgIpc) is 3.36. The number of epoxide rings is 1. The van der Waals surface area contributed by atoms with Crippen LogP contribution in [0.15, 0.2) is 0 Å². The molecule has 0 radical (unpaired) electrons. The third-order valence-corrected chi connectivity index (χ3v) is 11.9. The van der Waals surface area contributed by atoms with Crippen LogP contribution >= 0.6 is 0 Å². The highest BCUT2D eigenvalue weighted by molar-refractivity contribution is 5.83. The number of hydrogen-bond donors (Lipinski definition) is 0. The normalized spacial score (nSPS) is 50.3. The Morgan fingerprint density at radius 2 is 1.74 bits per heavy atom. The molecule has 0 spiro atoms. The van der Waals surface area contributed by atoms with Gasteiger partial charge in [0.15, 0.2) is 0 Å². The smallest absolute Gasteiger partial charge is 0.136 e. The lowest BCUT2D eigenvalue weighted by Crippen LogP contribution is -2.56. The van der Waals surface area contributed by atoms with E-state index in [-0.39, 0.29) is 5.41 Å². The molecule has 0 bridgehead atoms. The molecule has 5 aliphatic rings. The van der Waals surface area contributed by atoms with Crippen molar-refractivity contribution >= 4 is 5.78 Å². The van der Waals surface area contributed by atoms with Gasteiger partial charge in [-0.25, -0.2) is 0 Å². The third kappa shape index (κ3) is 3.48. The molecule has 0 aromatic heterocycles. The van der Waals surface area contributed by atoms with Crippen LogP contribution in [0.5, 0.6) is 0 Å². The van der Waals surface area contributed by atoms with Crippen molar-refractivity contribution in [3.05, 3.63) is 0 Å². The van der Waals surface area contributed by atoms with Gasteiger partial charge in [-0.1, -0.05) is 54.4 Å². The summed E-state index contributed by atoms with van der Waals surface area (Å²) in [7, 11) is 0. The molecular weight excluding hydrogens is 380 g/mol. The van der Waals surface area contributed by atoms with Gasteiger partial charge in [0, 0.05) is 12.3 Å². The minimum absolute atomic E-state index is 0.217. The van der Waals surface area contributed by atoms with Gasteiger partial charge in [-0.15, -0.1) is 0 Å². The molecule has 4 aliphatic carbocycles. The summed E-state index contributed by atoms with van der Waals surface area (Å²) in [4.78, 5) is 13.4. The van der Waals surface area contributed by atoms with Gasteiger partial charge >= 0.3 is 0 Å². The number of fused-ring (bicyclic) bond motifs is 6. The fourth-order valence-corrected chi connectivity index (χ4v) is 9.98. The summed E-state index contributed by atoms with van der Waals surface area (Å²) < 4.78 is 5.94. The molecule has 1 aliphatic heterocycles. The summed E-state index contributed by atoms with van der Waals surface area (Å²) in [5, 5.41) is 0. The largest absolute Gasteiger partial charge is 0.370 e. The molecule has 31 heavy (non-hydrogen) atoms. The maximum absolute atomic E-state index is 13.4. The Morgan fingerprint density at radius 1 is 1.00 bits per heavy atom. The highest BCUT2D eigenvalue weighted by atomic mass is 16.6. The minimum atomic E-state index is 0.217. The van der Waals surface area contributed by atoms with Crippen LogP contribution in [-0.2, 0) is 9.53 Å². The molecule has 0 amide bonds. The summed E-state index contributed by atoms with van der Waals surface area (Å²) >= 11 is 0. The fourth-order valence-electron chi connectivity index (χ4n) is 9.98. The van der Waals surface area contributed by atoms with Crippen molar-refractivity contribution in [3.8, 4) is 0 Å². The molecule has 176 valence electrons. The number of ether oxygens (including phenoxy) is 1. The van der Waals surface area contributed by atoms with E-state index < -0.39 is 0 Å². The van der Waals surface area contributed by atoms with Crippen LogP contribution < -0.4 is 0 Å². The summed E-state index contributed by atoms with van der Waals surface area (Å²) in [6.07, 6.45) is 13.6. The first-order chi connectivity index (χ1) is 14.7. The molecule has 2 nitrogen and oxygen atoms in total. The molecule has 1 saturated heterocycles. The third-order valence-electron chi connectivity index (χ3n) is 11.9. The van der Waals surface area contributed by atoms with Crippen LogP contribution in [0.25, 0.3) is 0 Å². The highest BCUT2D eigenvalue weighted by Gasteiger charge is 2.65. The molecule has 1 heterocycles. The van der Waals surface area contributed by atoms with Crippen molar-refractivity contribution in [2.75, 3.05) is 0 Å². The van der Waals surface area contributed by atoms with Crippen molar-refractivity contribution in [1.29, 1.82) is 0 Å². The molecule has 0 aromatic carbocycles. The molecule has 11 atom stereocenters. The van der Waals surface area contributed by atoms with Crippen molar-refractivity contribution in [2.45, 2.75) is 118 Å². The number of carbonyl (C=O) groups excluding carboxylic acids is 1. The number of hydrogen-bond acceptors (Lipinski definition) is 2. The fraction of sp³-hybridized carbons (Fsp3) is 0.966. The van der Waals surface area contributed by atoms with Gasteiger partial charge in [0.05, 0.1) is 12.2 Å². The molecular formula is C29H48O2. The minimum Gasteiger partial charge on any atom is -0.370 e. The molecule has 5 fully saturated rings. The van der Waals surface area contributed by atoms with E-state index in [2.05, 4.69) is 41.5 Å². The number of Topliss-reactive ketones (excluding diaryl/α,β-unsaturated/α-hetero) is 1. The lowest BCUT2D eigenvalue weighted by Gasteiger charge is -2.59. The van der Waals surface area contributed by atoms with Crippen LogP contribution in [-0.4, -0.2) is 18.0 Å². The molecule has 0 N–H and O–H groups in total. The zero-order chi connectivity index (χ0) is 22.1. The van der Waals surface area contributed by atoms with E-state index in [1.165, 1.54) is 44.9 Å². The zero-order valence-electron chi connectivity index (χ0n) is 21.2. The maximum Gasteiger partial charge on any atom is 0.136 e. The predicted molar refractivity (Wildman–Crippen MR) is 127 cm³/mol. The molecule has 0 aromatic rings. The van der Waals surface area contributed by atoms with Gasteiger partial charge in [-0.05, 0) is 97.2 Å². The van der Waals surface area contributed by atoms with E-state index in [1.54, 1.807) is 0 Å². The molecule has 0 unspecified atom stereocenters. The van der Waals surface area contributed by atoms with E-state index in [9.17, 15) is 4.79 Å². The SMILES string of the molecule is CC[C@H](CC[C@@H](C)[C@H]1CC[C@H]2[C@@H]3CC(=O)[C@H]4C[C@@H]5O[C@@H]5C[C@]4(C)[C@H]3CC[C@]12C)C(C)C. The highest BCUT2D eigenvalue weighted by Crippen LogP contribution is 2.69. The number of carbonyl (C=O) groups is 1. The van der Waals surface area contributed by atoms with Crippen molar-refractivity contribution in [1.82, 2.24) is 0 Å². The lowest BCUT2D eigenvalue weighted by atomic mass is 9.44.